The lowest BCUT2D eigenvalue weighted by molar-refractivity contribution is -0.146. The van der Waals surface area contributed by atoms with E-state index in [-0.39, 0.29) is 19.1 Å². The molecule has 2 amide bonds. The van der Waals surface area contributed by atoms with Gasteiger partial charge in [0.25, 0.3) is 0 Å². The summed E-state index contributed by atoms with van der Waals surface area (Å²) in [6.45, 7) is 8.58. The number of hydrogen-bond acceptors (Lipinski definition) is 4. The molecule has 6 heteroatoms. The monoisotopic (exact) mass is 258 g/mol. The van der Waals surface area contributed by atoms with Crippen molar-refractivity contribution in [3.8, 4) is 0 Å². The van der Waals surface area contributed by atoms with Crippen molar-refractivity contribution in [2.45, 2.75) is 40.7 Å². The van der Waals surface area contributed by atoms with E-state index in [2.05, 4.69) is 10.6 Å². The van der Waals surface area contributed by atoms with E-state index < -0.39 is 23.3 Å². The molecule has 0 saturated heterocycles. The number of esters is 1. The van der Waals surface area contributed by atoms with Gasteiger partial charge in [-0.15, -0.1) is 0 Å². The maximum atomic E-state index is 11.5. The third-order valence-corrected chi connectivity index (χ3v) is 2.11. The highest BCUT2D eigenvalue weighted by Gasteiger charge is 2.22. The Labute approximate surface area is 107 Å². The highest BCUT2D eigenvalue weighted by molar-refractivity contribution is 5.89. The maximum absolute atomic E-state index is 11.5. The van der Waals surface area contributed by atoms with Crippen LogP contribution in [0.1, 0.15) is 34.6 Å². The van der Waals surface area contributed by atoms with Crippen LogP contribution in [0.5, 0.6) is 0 Å². The van der Waals surface area contributed by atoms with Crippen molar-refractivity contribution in [3.05, 3.63) is 0 Å². The molecular weight excluding hydrogens is 236 g/mol. The zero-order valence-corrected chi connectivity index (χ0v) is 11.6. The van der Waals surface area contributed by atoms with Gasteiger partial charge < -0.3 is 15.4 Å². The van der Waals surface area contributed by atoms with Gasteiger partial charge in [0.05, 0.1) is 13.2 Å². The van der Waals surface area contributed by atoms with E-state index in [0.717, 1.165) is 0 Å². The fourth-order valence-corrected chi connectivity index (χ4v) is 1.04. The second-order valence-electron chi connectivity index (χ2n) is 4.97. The molecule has 0 heterocycles. The molecule has 1 unspecified atom stereocenters. The fourth-order valence-electron chi connectivity index (χ4n) is 1.04. The second-order valence-corrected chi connectivity index (χ2v) is 4.97. The molecule has 0 spiro atoms. The number of carbonyl (C=O) groups is 3. The third kappa shape index (κ3) is 6.22. The Morgan fingerprint density at radius 2 is 1.78 bits per heavy atom. The largest absolute Gasteiger partial charge is 0.464 e. The summed E-state index contributed by atoms with van der Waals surface area (Å²) >= 11 is 0. The molecule has 0 aromatic heterocycles. The molecule has 0 rings (SSSR count). The van der Waals surface area contributed by atoms with Gasteiger partial charge in [-0.1, -0.05) is 20.8 Å². The van der Waals surface area contributed by atoms with Crippen molar-refractivity contribution < 1.29 is 19.1 Å². The van der Waals surface area contributed by atoms with Gasteiger partial charge >= 0.3 is 5.97 Å². The SMILES string of the molecule is CCOC(=O)C(C)NC(=O)CNC(=O)C(C)(C)C. The van der Waals surface area contributed by atoms with E-state index in [1.54, 1.807) is 27.7 Å². The summed E-state index contributed by atoms with van der Waals surface area (Å²) in [5.41, 5.74) is -0.549. The van der Waals surface area contributed by atoms with Gasteiger partial charge in [-0.3, -0.25) is 9.59 Å². The number of rotatable bonds is 5. The van der Waals surface area contributed by atoms with Crippen molar-refractivity contribution >= 4 is 17.8 Å². The Bertz CT molecular complexity index is 321. The Kier molecular flexibility index (Phi) is 6.36. The van der Waals surface area contributed by atoms with Gasteiger partial charge in [-0.25, -0.2) is 4.79 Å². The maximum Gasteiger partial charge on any atom is 0.328 e. The summed E-state index contributed by atoms with van der Waals surface area (Å²) in [7, 11) is 0. The van der Waals surface area contributed by atoms with Gasteiger partial charge in [0, 0.05) is 5.41 Å². The zero-order valence-electron chi connectivity index (χ0n) is 11.6. The summed E-state index contributed by atoms with van der Waals surface area (Å²) in [5, 5.41) is 4.94. The number of hydrogen-bond donors (Lipinski definition) is 2. The van der Waals surface area contributed by atoms with E-state index in [4.69, 9.17) is 4.74 Å². The molecule has 6 nitrogen and oxygen atoms in total. The smallest absolute Gasteiger partial charge is 0.328 e. The van der Waals surface area contributed by atoms with E-state index in [1.165, 1.54) is 6.92 Å². The topological polar surface area (TPSA) is 84.5 Å². The predicted octanol–water partition coefficient (Wildman–Crippen LogP) is 0.217. The molecule has 18 heavy (non-hydrogen) atoms. The van der Waals surface area contributed by atoms with E-state index in [0.29, 0.717) is 0 Å². The third-order valence-electron chi connectivity index (χ3n) is 2.11. The molecule has 0 saturated carbocycles. The number of nitrogens with one attached hydrogen (secondary N) is 2. The quantitative estimate of drug-likeness (QED) is 0.691. The van der Waals surface area contributed by atoms with Crippen LogP contribution in [0, 0.1) is 5.41 Å². The van der Waals surface area contributed by atoms with Gasteiger partial charge in [-0.2, -0.15) is 0 Å². The van der Waals surface area contributed by atoms with Crippen LogP contribution in [-0.4, -0.2) is 37.0 Å². The minimum Gasteiger partial charge on any atom is -0.464 e. The number of ether oxygens (including phenoxy) is 1. The molecule has 0 fully saturated rings. The highest BCUT2D eigenvalue weighted by atomic mass is 16.5. The first-order valence-corrected chi connectivity index (χ1v) is 5.92. The minimum atomic E-state index is -0.719. The summed E-state index contributed by atoms with van der Waals surface area (Å²) in [5.74, 6) is -1.14. The molecular formula is C12H22N2O4. The van der Waals surface area contributed by atoms with Crippen LogP contribution in [0.2, 0.25) is 0 Å². The summed E-state index contributed by atoms with van der Waals surface area (Å²) < 4.78 is 4.74. The first-order valence-electron chi connectivity index (χ1n) is 5.92. The second kappa shape index (κ2) is 6.98. The van der Waals surface area contributed by atoms with Crippen LogP contribution in [0.15, 0.2) is 0 Å². The molecule has 0 aliphatic carbocycles. The fraction of sp³-hybridized carbons (Fsp3) is 0.750. The zero-order chi connectivity index (χ0) is 14.3. The highest BCUT2D eigenvalue weighted by Crippen LogP contribution is 2.11. The predicted molar refractivity (Wildman–Crippen MR) is 66.7 cm³/mol. The van der Waals surface area contributed by atoms with Crippen LogP contribution in [-0.2, 0) is 19.1 Å². The number of amides is 2. The van der Waals surface area contributed by atoms with Crippen LogP contribution in [0.4, 0.5) is 0 Å². The average molecular weight is 258 g/mol. The van der Waals surface area contributed by atoms with Crippen molar-refractivity contribution in [1.82, 2.24) is 10.6 Å². The van der Waals surface area contributed by atoms with Crippen LogP contribution in [0.3, 0.4) is 0 Å². The molecule has 0 aromatic carbocycles. The van der Waals surface area contributed by atoms with Crippen molar-refractivity contribution in [3.63, 3.8) is 0 Å². The average Bonchev–Trinajstić information content (AvgIpc) is 2.24. The Morgan fingerprint density at radius 3 is 2.22 bits per heavy atom. The van der Waals surface area contributed by atoms with E-state index >= 15 is 0 Å². The standard InChI is InChI=1S/C12H22N2O4/c1-6-18-10(16)8(2)14-9(15)7-13-11(17)12(3,4)5/h8H,6-7H2,1-5H3,(H,13,17)(H,14,15). The summed E-state index contributed by atoms with van der Waals surface area (Å²) in [6.07, 6.45) is 0. The molecule has 1 atom stereocenters. The van der Waals surface area contributed by atoms with E-state index in [1.807, 2.05) is 0 Å². The summed E-state index contributed by atoms with van der Waals surface area (Å²) in [6, 6.07) is -0.719. The van der Waals surface area contributed by atoms with Crippen molar-refractivity contribution in [1.29, 1.82) is 0 Å². The Hall–Kier alpha value is -1.59. The molecule has 0 radical (unpaired) electrons. The van der Waals surface area contributed by atoms with Crippen molar-refractivity contribution in [2.24, 2.45) is 5.41 Å². The molecule has 0 aromatic rings. The molecule has 0 bridgehead atoms. The summed E-state index contributed by atoms with van der Waals surface area (Å²) in [4.78, 5) is 34.2. The molecule has 0 aliphatic heterocycles. The van der Waals surface area contributed by atoms with Gasteiger partial charge in [0.15, 0.2) is 0 Å². The first-order chi connectivity index (χ1) is 8.18. The minimum absolute atomic E-state index is 0.153. The first kappa shape index (κ1) is 16.4. The molecule has 0 aliphatic rings. The normalized spacial score (nSPS) is 12.5. The van der Waals surface area contributed by atoms with Crippen LogP contribution in [0.25, 0.3) is 0 Å². The lowest BCUT2D eigenvalue weighted by atomic mass is 9.96. The lowest BCUT2D eigenvalue weighted by Gasteiger charge is -2.18. The number of carbonyl (C=O) groups excluding carboxylic acids is 3. The Balaban J connectivity index is 4.06. The molecule has 2 N–H and O–H groups in total. The van der Waals surface area contributed by atoms with Crippen molar-refractivity contribution in [2.75, 3.05) is 13.2 Å². The van der Waals surface area contributed by atoms with Crippen LogP contribution < -0.4 is 10.6 Å². The lowest BCUT2D eigenvalue weighted by Crippen LogP contribution is -2.46. The van der Waals surface area contributed by atoms with Crippen LogP contribution >= 0.6 is 0 Å². The Morgan fingerprint density at radius 1 is 1.22 bits per heavy atom. The molecule has 104 valence electrons. The van der Waals surface area contributed by atoms with Gasteiger partial charge in [-0.05, 0) is 13.8 Å². The van der Waals surface area contributed by atoms with E-state index in [9.17, 15) is 14.4 Å². The van der Waals surface area contributed by atoms with Gasteiger partial charge in [0.1, 0.15) is 6.04 Å². The van der Waals surface area contributed by atoms with Gasteiger partial charge in [0.2, 0.25) is 11.8 Å².